The Bertz CT molecular complexity index is 1050. The van der Waals surface area contributed by atoms with Crippen LogP contribution in [0.5, 0.6) is 11.5 Å². The molecule has 4 rings (SSSR count). The van der Waals surface area contributed by atoms with Crippen LogP contribution in [0.25, 0.3) is 0 Å². The minimum atomic E-state index is -3.98. The number of nitro benzene ring substituents is 1. The number of hydrogen-bond acceptors (Lipinski definition) is 8. The largest absolute Gasteiger partial charge is 0.490 e. The van der Waals surface area contributed by atoms with Gasteiger partial charge in [-0.3, -0.25) is 14.8 Å². The number of nitrogens with one attached hydrogen (secondary N) is 1. The number of morpholine rings is 1. The van der Waals surface area contributed by atoms with Crippen LogP contribution in [-0.2, 0) is 14.8 Å². The average molecular weight is 435 g/mol. The van der Waals surface area contributed by atoms with Crippen molar-refractivity contribution in [2.45, 2.75) is 11.3 Å². The molecule has 0 aromatic heterocycles. The second kappa shape index (κ2) is 8.36. The zero-order valence-electron chi connectivity index (χ0n) is 16.1. The smallest absolute Gasteiger partial charge is 0.294 e. The summed E-state index contributed by atoms with van der Waals surface area (Å²) in [5, 5.41) is 11.6. The van der Waals surface area contributed by atoms with Crippen molar-refractivity contribution in [3.05, 3.63) is 46.5 Å². The molecule has 0 amide bonds. The normalized spacial score (nSPS) is 16.6. The van der Waals surface area contributed by atoms with Crippen LogP contribution in [0.4, 0.5) is 17.1 Å². The molecule has 0 spiro atoms. The second-order valence-electron chi connectivity index (χ2n) is 6.82. The molecule has 2 aromatic carbocycles. The lowest BCUT2D eigenvalue weighted by Gasteiger charge is -2.28. The summed E-state index contributed by atoms with van der Waals surface area (Å²) in [6, 6.07) is 8.63. The number of nitro groups is 1. The van der Waals surface area contributed by atoms with E-state index in [9.17, 15) is 18.5 Å². The molecule has 160 valence electrons. The van der Waals surface area contributed by atoms with E-state index in [1.165, 1.54) is 24.3 Å². The third-order valence-electron chi connectivity index (χ3n) is 4.81. The van der Waals surface area contributed by atoms with Crippen LogP contribution in [-0.4, -0.2) is 52.9 Å². The van der Waals surface area contributed by atoms with E-state index >= 15 is 0 Å². The van der Waals surface area contributed by atoms with E-state index in [4.69, 9.17) is 14.2 Å². The number of benzene rings is 2. The van der Waals surface area contributed by atoms with Gasteiger partial charge in [-0.2, -0.15) is 0 Å². The molecule has 2 heterocycles. The fraction of sp³-hybridized carbons (Fsp3) is 0.368. The van der Waals surface area contributed by atoms with Gasteiger partial charge in [-0.25, -0.2) is 8.42 Å². The minimum Gasteiger partial charge on any atom is -0.490 e. The number of sulfonamides is 1. The lowest BCUT2D eigenvalue weighted by molar-refractivity contribution is -0.384. The Morgan fingerprint density at radius 3 is 2.43 bits per heavy atom. The first kappa shape index (κ1) is 20.2. The standard InChI is InChI=1S/C19H21N3O7S/c23-22(24)17-12-14(2-4-16(17)21-6-10-27-11-7-21)20-30(25,26)15-3-5-18-19(13-15)29-9-1-8-28-18/h2-5,12-13,20H,1,6-11H2. The first-order valence-electron chi connectivity index (χ1n) is 9.48. The molecular weight excluding hydrogens is 414 g/mol. The first-order valence-corrected chi connectivity index (χ1v) is 11.0. The Kier molecular flexibility index (Phi) is 5.64. The van der Waals surface area contributed by atoms with E-state index in [0.717, 1.165) is 0 Å². The third kappa shape index (κ3) is 4.26. The van der Waals surface area contributed by atoms with Crippen molar-refractivity contribution in [1.82, 2.24) is 0 Å². The molecule has 10 nitrogen and oxygen atoms in total. The molecular formula is C19H21N3O7S. The number of anilines is 2. The lowest BCUT2D eigenvalue weighted by atomic mass is 10.2. The molecule has 1 saturated heterocycles. The zero-order chi connectivity index (χ0) is 21.1. The van der Waals surface area contributed by atoms with Gasteiger partial charge in [-0.15, -0.1) is 0 Å². The second-order valence-corrected chi connectivity index (χ2v) is 8.51. The predicted molar refractivity (Wildman–Crippen MR) is 109 cm³/mol. The summed E-state index contributed by atoms with van der Waals surface area (Å²) in [5.74, 6) is 0.834. The highest BCUT2D eigenvalue weighted by molar-refractivity contribution is 7.92. The number of rotatable bonds is 5. The molecule has 2 aromatic rings. The van der Waals surface area contributed by atoms with Crippen LogP contribution in [0.3, 0.4) is 0 Å². The molecule has 11 heteroatoms. The SMILES string of the molecule is O=[N+]([O-])c1cc(NS(=O)(=O)c2ccc3c(c2)OCCCO3)ccc1N1CCOCC1. The molecule has 0 bridgehead atoms. The van der Waals surface area contributed by atoms with Crippen molar-refractivity contribution >= 4 is 27.1 Å². The van der Waals surface area contributed by atoms with Crippen LogP contribution in [0.2, 0.25) is 0 Å². The topological polar surface area (TPSA) is 120 Å². The quantitative estimate of drug-likeness (QED) is 0.561. The molecule has 0 saturated carbocycles. The third-order valence-corrected chi connectivity index (χ3v) is 6.18. The molecule has 0 radical (unpaired) electrons. The summed E-state index contributed by atoms with van der Waals surface area (Å²) in [5.41, 5.74) is 0.364. The first-order chi connectivity index (χ1) is 14.4. The number of ether oxygens (including phenoxy) is 3. The summed E-state index contributed by atoms with van der Waals surface area (Å²) in [6.45, 7) is 2.95. The van der Waals surface area contributed by atoms with Crippen molar-refractivity contribution in [2.24, 2.45) is 0 Å². The lowest BCUT2D eigenvalue weighted by Crippen LogP contribution is -2.36. The van der Waals surface area contributed by atoms with Gasteiger partial charge in [-0.05, 0) is 24.3 Å². The molecule has 0 aliphatic carbocycles. The molecule has 30 heavy (non-hydrogen) atoms. The van der Waals surface area contributed by atoms with E-state index in [-0.39, 0.29) is 16.3 Å². The molecule has 1 fully saturated rings. The van der Waals surface area contributed by atoms with Crippen LogP contribution < -0.4 is 19.1 Å². The maximum absolute atomic E-state index is 12.8. The Labute approximate surface area is 173 Å². The number of nitrogens with zero attached hydrogens (tertiary/aromatic N) is 2. The monoisotopic (exact) mass is 435 g/mol. The highest BCUT2D eigenvalue weighted by Gasteiger charge is 2.24. The summed E-state index contributed by atoms with van der Waals surface area (Å²) in [6.07, 6.45) is 0.703. The number of hydrogen-bond donors (Lipinski definition) is 1. The van der Waals surface area contributed by atoms with Gasteiger partial charge >= 0.3 is 0 Å². The minimum absolute atomic E-state index is 0.0216. The molecule has 0 atom stereocenters. The van der Waals surface area contributed by atoms with E-state index in [1.807, 2.05) is 4.90 Å². The predicted octanol–water partition coefficient (Wildman–Crippen LogP) is 2.39. The van der Waals surface area contributed by atoms with E-state index in [2.05, 4.69) is 4.72 Å². The fourth-order valence-corrected chi connectivity index (χ4v) is 4.39. The average Bonchev–Trinajstić information content (AvgIpc) is 2.99. The summed E-state index contributed by atoms with van der Waals surface area (Å²) in [7, 11) is -3.98. The highest BCUT2D eigenvalue weighted by Crippen LogP contribution is 2.34. The van der Waals surface area contributed by atoms with Crippen molar-refractivity contribution in [3.63, 3.8) is 0 Å². The van der Waals surface area contributed by atoms with E-state index in [0.29, 0.717) is 63.1 Å². The maximum atomic E-state index is 12.8. The summed E-state index contributed by atoms with van der Waals surface area (Å²) in [4.78, 5) is 12.9. The molecule has 1 N–H and O–H groups in total. The van der Waals surface area contributed by atoms with Crippen molar-refractivity contribution in [3.8, 4) is 11.5 Å². The van der Waals surface area contributed by atoms with Gasteiger partial charge in [0.15, 0.2) is 11.5 Å². The Hall–Kier alpha value is -3.05. The van der Waals surface area contributed by atoms with Crippen molar-refractivity contribution < 1.29 is 27.6 Å². The number of fused-ring (bicyclic) bond motifs is 1. The zero-order valence-corrected chi connectivity index (χ0v) is 16.9. The van der Waals surface area contributed by atoms with Gasteiger partial charge in [0.2, 0.25) is 0 Å². The highest BCUT2D eigenvalue weighted by atomic mass is 32.2. The molecule has 2 aliphatic heterocycles. The van der Waals surface area contributed by atoms with Crippen LogP contribution in [0.15, 0.2) is 41.3 Å². The summed E-state index contributed by atoms with van der Waals surface area (Å²) >= 11 is 0. The van der Waals surface area contributed by atoms with Crippen molar-refractivity contribution in [2.75, 3.05) is 49.1 Å². The van der Waals surface area contributed by atoms with Gasteiger partial charge in [0.25, 0.3) is 15.7 Å². The van der Waals surface area contributed by atoms with Crippen molar-refractivity contribution in [1.29, 1.82) is 0 Å². The van der Waals surface area contributed by atoms with Crippen LogP contribution >= 0.6 is 0 Å². The van der Waals surface area contributed by atoms with Crippen LogP contribution in [0, 0.1) is 10.1 Å². The Morgan fingerprint density at radius 1 is 0.967 bits per heavy atom. The molecule has 0 unspecified atom stereocenters. The Balaban J connectivity index is 1.60. The van der Waals surface area contributed by atoms with Gasteiger partial charge in [0, 0.05) is 31.6 Å². The van der Waals surface area contributed by atoms with Gasteiger partial charge in [0.05, 0.1) is 41.9 Å². The van der Waals surface area contributed by atoms with E-state index < -0.39 is 14.9 Å². The van der Waals surface area contributed by atoms with Crippen LogP contribution in [0.1, 0.15) is 6.42 Å². The maximum Gasteiger partial charge on any atom is 0.294 e. The van der Waals surface area contributed by atoms with Gasteiger partial charge in [0.1, 0.15) is 5.69 Å². The summed E-state index contributed by atoms with van der Waals surface area (Å²) < 4.78 is 44.4. The van der Waals surface area contributed by atoms with Gasteiger partial charge < -0.3 is 19.1 Å². The van der Waals surface area contributed by atoms with E-state index in [1.54, 1.807) is 12.1 Å². The fourth-order valence-electron chi connectivity index (χ4n) is 3.33. The van der Waals surface area contributed by atoms with Gasteiger partial charge in [-0.1, -0.05) is 0 Å². The Morgan fingerprint density at radius 2 is 1.70 bits per heavy atom. The molecule has 2 aliphatic rings.